The van der Waals surface area contributed by atoms with Gasteiger partial charge in [0, 0.05) is 16.1 Å². The average molecular weight is 275 g/mol. The Morgan fingerprint density at radius 2 is 2.21 bits per heavy atom. The number of hydrogen-bond acceptors (Lipinski definition) is 1. The van der Waals surface area contributed by atoms with Crippen LogP contribution >= 0.6 is 27.5 Å². The summed E-state index contributed by atoms with van der Waals surface area (Å²) in [7, 11) is 0. The molecule has 0 N–H and O–H groups in total. The maximum atomic E-state index is 13.4. The number of aryl methyl sites for hydroxylation is 1. The standard InChI is InChI=1S/C10H6BrClFN/c1-5-8(13)4-7(12)10-9(5)6(11)2-3-14-10/h2-4H,1H3. The fourth-order valence-electron chi connectivity index (χ4n) is 1.38. The van der Waals surface area contributed by atoms with Gasteiger partial charge in [0.15, 0.2) is 0 Å². The lowest BCUT2D eigenvalue weighted by molar-refractivity contribution is 0.621. The van der Waals surface area contributed by atoms with Crippen LogP contribution in [0.5, 0.6) is 0 Å². The molecule has 0 spiro atoms. The smallest absolute Gasteiger partial charge is 0.128 e. The number of benzene rings is 1. The van der Waals surface area contributed by atoms with Crippen LogP contribution in [0.1, 0.15) is 5.56 Å². The van der Waals surface area contributed by atoms with Gasteiger partial charge >= 0.3 is 0 Å². The predicted octanol–water partition coefficient (Wildman–Crippen LogP) is 4.10. The molecule has 1 nitrogen and oxygen atoms in total. The highest BCUT2D eigenvalue weighted by molar-refractivity contribution is 9.10. The van der Waals surface area contributed by atoms with E-state index in [4.69, 9.17) is 11.6 Å². The lowest BCUT2D eigenvalue weighted by Gasteiger charge is -2.06. The van der Waals surface area contributed by atoms with Crippen LogP contribution in [0.4, 0.5) is 4.39 Å². The average Bonchev–Trinajstić information content (AvgIpc) is 2.14. The molecule has 0 saturated carbocycles. The first-order chi connectivity index (χ1) is 6.61. The highest BCUT2D eigenvalue weighted by Gasteiger charge is 2.10. The first-order valence-electron chi connectivity index (χ1n) is 4.00. The van der Waals surface area contributed by atoms with Gasteiger partial charge < -0.3 is 0 Å². The molecule has 72 valence electrons. The number of nitrogens with zero attached hydrogens (tertiary/aromatic N) is 1. The summed E-state index contributed by atoms with van der Waals surface area (Å²) in [5, 5.41) is 1.07. The molecule has 1 heterocycles. The van der Waals surface area contributed by atoms with Crippen LogP contribution in [0.3, 0.4) is 0 Å². The second kappa shape index (κ2) is 3.48. The summed E-state index contributed by atoms with van der Waals surface area (Å²) < 4.78 is 14.2. The second-order valence-electron chi connectivity index (χ2n) is 2.98. The Kier molecular flexibility index (Phi) is 2.45. The van der Waals surface area contributed by atoms with E-state index in [2.05, 4.69) is 20.9 Å². The van der Waals surface area contributed by atoms with Crippen LogP contribution in [0.15, 0.2) is 22.8 Å². The number of fused-ring (bicyclic) bond motifs is 1. The monoisotopic (exact) mass is 273 g/mol. The quantitative estimate of drug-likeness (QED) is 0.705. The van der Waals surface area contributed by atoms with Crippen molar-refractivity contribution in [3.8, 4) is 0 Å². The normalized spacial score (nSPS) is 10.9. The van der Waals surface area contributed by atoms with Gasteiger partial charge in [0.2, 0.25) is 0 Å². The van der Waals surface area contributed by atoms with E-state index in [1.54, 1.807) is 19.2 Å². The first-order valence-corrected chi connectivity index (χ1v) is 5.17. The number of rotatable bonds is 0. The molecule has 0 radical (unpaired) electrons. The van der Waals surface area contributed by atoms with E-state index < -0.39 is 0 Å². The van der Waals surface area contributed by atoms with E-state index in [0.29, 0.717) is 16.1 Å². The largest absolute Gasteiger partial charge is 0.255 e. The van der Waals surface area contributed by atoms with Crippen molar-refractivity contribution in [3.05, 3.63) is 39.2 Å². The highest BCUT2D eigenvalue weighted by Crippen LogP contribution is 2.31. The Labute approximate surface area is 94.0 Å². The minimum atomic E-state index is -0.309. The van der Waals surface area contributed by atoms with Crippen LogP contribution in [0.2, 0.25) is 5.02 Å². The summed E-state index contributed by atoms with van der Waals surface area (Å²) in [5.41, 5.74) is 1.18. The van der Waals surface area contributed by atoms with Crippen molar-refractivity contribution in [2.45, 2.75) is 6.92 Å². The Bertz CT molecular complexity index is 513. The first kappa shape index (κ1) is 9.87. The fraction of sp³-hybridized carbons (Fsp3) is 0.100. The van der Waals surface area contributed by atoms with Gasteiger partial charge in [0.05, 0.1) is 10.5 Å². The second-order valence-corrected chi connectivity index (χ2v) is 4.24. The summed E-state index contributed by atoms with van der Waals surface area (Å²) in [6.45, 7) is 1.71. The van der Waals surface area contributed by atoms with Gasteiger partial charge in [-0.15, -0.1) is 0 Å². The lowest BCUT2D eigenvalue weighted by atomic mass is 10.1. The van der Waals surface area contributed by atoms with Gasteiger partial charge in [0.25, 0.3) is 0 Å². The van der Waals surface area contributed by atoms with E-state index in [-0.39, 0.29) is 5.82 Å². The van der Waals surface area contributed by atoms with Crippen LogP contribution in [-0.2, 0) is 0 Å². The molecule has 2 rings (SSSR count). The summed E-state index contributed by atoms with van der Waals surface area (Å²) in [6, 6.07) is 3.06. The van der Waals surface area contributed by atoms with E-state index in [1.807, 2.05) is 0 Å². The Morgan fingerprint density at radius 3 is 2.93 bits per heavy atom. The van der Waals surface area contributed by atoms with Crippen molar-refractivity contribution in [1.82, 2.24) is 4.98 Å². The molecule has 1 aromatic carbocycles. The van der Waals surface area contributed by atoms with Crippen molar-refractivity contribution >= 4 is 38.4 Å². The van der Waals surface area contributed by atoms with E-state index in [9.17, 15) is 4.39 Å². The Morgan fingerprint density at radius 1 is 1.50 bits per heavy atom. The van der Waals surface area contributed by atoms with Gasteiger partial charge in [-0.25, -0.2) is 4.39 Å². The number of aromatic nitrogens is 1. The summed E-state index contributed by atoms with van der Waals surface area (Å²) in [5.74, 6) is -0.309. The van der Waals surface area contributed by atoms with E-state index >= 15 is 0 Å². The van der Waals surface area contributed by atoms with Gasteiger partial charge in [0.1, 0.15) is 5.82 Å². The van der Waals surface area contributed by atoms with Gasteiger partial charge in [-0.2, -0.15) is 0 Å². The van der Waals surface area contributed by atoms with Crippen molar-refractivity contribution < 1.29 is 4.39 Å². The molecule has 0 amide bonds. The highest BCUT2D eigenvalue weighted by atomic mass is 79.9. The molecule has 4 heteroatoms. The molecule has 2 aromatic rings. The maximum absolute atomic E-state index is 13.4. The minimum Gasteiger partial charge on any atom is -0.255 e. The molecule has 0 fully saturated rings. The summed E-state index contributed by atoms with van der Waals surface area (Å²) in [6.07, 6.45) is 1.63. The molecule has 14 heavy (non-hydrogen) atoms. The molecule has 0 aliphatic rings. The van der Waals surface area contributed by atoms with Crippen molar-refractivity contribution in [1.29, 1.82) is 0 Å². The SMILES string of the molecule is Cc1c(F)cc(Cl)c2nccc(Br)c12. The van der Waals surface area contributed by atoms with Crippen LogP contribution in [0.25, 0.3) is 10.9 Å². The van der Waals surface area contributed by atoms with Crippen LogP contribution in [0, 0.1) is 12.7 Å². The van der Waals surface area contributed by atoms with Crippen molar-refractivity contribution in [2.75, 3.05) is 0 Å². The molecule has 0 saturated heterocycles. The van der Waals surface area contributed by atoms with Crippen molar-refractivity contribution in [2.24, 2.45) is 0 Å². The summed E-state index contributed by atoms with van der Waals surface area (Å²) >= 11 is 9.23. The zero-order valence-electron chi connectivity index (χ0n) is 7.31. The Hall–Kier alpha value is -0.670. The number of halogens is 3. The Balaban J connectivity index is 3.03. The van der Waals surface area contributed by atoms with Crippen molar-refractivity contribution in [3.63, 3.8) is 0 Å². The zero-order chi connectivity index (χ0) is 10.3. The predicted molar refractivity (Wildman–Crippen MR) is 59.1 cm³/mol. The third-order valence-corrected chi connectivity index (χ3v) is 3.06. The molecule has 0 aliphatic heterocycles. The lowest BCUT2D eigenvalue weighted by Crippen LogP contribution is -1.89. The molecular formula is C10H6BrClFN. The van der Waals surface area contributed by atoms with Crippen LogP contribution < -0.4 is 0 Å². The summed E-state index contributed by atoms with van der Waals surface area (Å²) in [4.78, 5) is 4.11. The minimum absolute atomic E-state index is 0.309. The molecule has 0 bridgehead atoms. The molecular weight excluding hydrogens is 268 g/mol. The zero-order valence-corrected chi connectivity index (χ0v) is 9.66. The van der Waals surface area contributed by atoms with Gasteiger partial charge in [-0.05, 0) is 24.6 Å². The van der Waals surface area contributed by atoms with Crippen LogP contribution in [-0.4, -0.2) is 4.98 Å². The molecule has 0 unspecified atom stereocenters. The van der Waals surface area contributed by atoms with Gasteiger partial charge in [-0.3, -0.25) is 4.98 Å². The van der Waals surface area contributed by atoms with E-state index in [0.717, 1.165) is 9.86 Å². The third-order valence-electron chi connectivity index (χ3n) is 2.11. The number of pyridine rings is 1. The third kappa shape index (κ3) is 1.41. The van der Waals surface area contributed by atoms with Gasteiger partial charge in [-0.1, -0.05) is 27.5 Å². The fourth-order valence-corrected chi connectivity index (χ4v) is 2.23. The molecule has 0 atom stereocenters. The number of hydrogen-bond donors (Lipinski definition) is 0. The topological polar surface area (TPSA) is 12.9 Å². The maximum Gasteiger partial charge on any atom is 0.128 e. The molecule has 0 aliphatic carbocycles. The van der Waals surface area contributed by atoms with E-state index in [1.165, 1.54) is 6.07 Å². The molecule has 1 aromatic heterocycles.